The van der Waals surface area contributed by atoms with Crippen molar-refractivity contribution in [1.29, 1.82) is 5.26 Å². The van der Waals surface area contributed by atoms with Crippen LogP contribution in [0.15, 0.2) is 48.0 Å². The molecule has 0 unspecified atom stereocenters. The normalized spacial score (nSPS) is 10.8. The van der Waals surface area contributed by atoms with Gasteiger partial charge in [-0.2, -0.15) is 5.26 Å². The topological polar surface area (TPSA) is 62.1 Å². The highest BCUT2D eigenvalue weighted by Gasteiger charge is 2.10. The van der Waals surface area contributed by atoms with Gasteiger partial charge < -0.3 is 10.1 Å². The van der Waals surface area contributed by atoms with Crippen LogP contribution in [0, 0.1) is 24.1 Å². The zero-order chi connectivity index (χ0) is 16.8. The maximum Gasteiger partial charge on any atom is 0.266 e. The number of hydrogen-bond acceptors (Lipinski definition) is 3. The van der Waals surface area contributed by atoms with Gasteiger partial charge in [0.15, 0.2) is 11.6 Å². The molecule has 116 valence electrons. The highest BCUT2D eigenvalue weighted by atomic mass is 19.1. The van der Waals surface area contributed by atoms with Crippen molar-refractivity contribution in [3.8, 4) is 11.8 Å². The predicted molar refractivity (Wildman–Crippen MR) is 86.4 cm³/mol. The van der Waals surface area contributed by atoms with Gasteiger partial charge in [-0.1, -0.05) is 18.2 Å². The van der Waals surface area contributed by atoms with Crippen LogP contribution in [-0.4, -0.2) is 13.0 Å². The Hall–Kier alpha value is -3.13. The second-order valence-corrected chi connectivity index (χ2v) is 4.89. The lowest BCUT2D eigenvalue weighted by Gasteiger charge is -2.06. The Balaban J connectivity index is 2.23. The van der Waals surface area contributed by atoms with Crippen LogP contribution in [0.3, 0.4) is 0 Å². The van der Waals surface area contributed by atoms with Crippen LogP contribution >= 0.6 is 0 Å². The Bertz CT molecular complexity index is 807. The van der Waals surface area contributed by atoms with Crippen molar-refractivity contribution in [3.63, 3.8) is 0 Å². The number of nitriles is 1. The largest absolute Gasteiger partial charge is 0.494 e. The standard InChI is InChI=1S/C18H15FN2O2/c1-12-4-3-5-15(8-12)21-18(22)14(11-20)9-13-6-7-17(23-2)16(19)10-13/h3-10H,1-2H3,(H,21,22)/b14-9+. The van der Waals surface area contributed by atoms with Gasteiger partial charge >= 0.3 is 0 Å². The Morgan fingerprint density at radius 2 is 2.09 bits per heavy atom. The molecule has 1 amide bonds. The van der Waals surface area contributed by atoms with E-state index in [-0.39, 0.29) is 11.3 Å². The number of rotatable bonds is 4. The summed E-state index contributed by atoms with van der Waals surface area (Å²) in [6, 6.07) is 13.3. The van der Waals surface area contributed by atoms with Crippen molar-refractivity contribution in [2.45, 2.75) is 6.92 Å². The number of nitrogens with zero attached hydrogens (tertiary/aromatic N) is 1. The molecule has 0 bridgehead atoms. The van der Waals surface area contributed by atoms with Gasteiger partial charge in [-0.3, -0.25) is 4.79 Å². The zero-order valence-electron chi connectivity index (χ0n) is 12.8. The first-order chi connectivity index (χ1) is 11.0. The molecule has 0 aliphatic carbocycles. The maximum atomic E-state index is 13.7. The highest BCUT2D eigenvalue weighted by Crippen LogP contribution is 2.19. The summed E-state index contributed by atoms with van der Waals surface area (Å²) >= 11 is 0. The van der Waals surface area contributed by atoms with E-state index in [1.807, 2.05) is 19.1 Å². The molecule has 1 N–H and O–H groups in total. The molecular weight excluding hydrogens is 295 g/mol. The second-order valence-electron chi connectivity index (χ2n) is 4.89. The van der Waals surface area contributed by atoms with Crippen molar-refractivity contribution in [2.24, 2.45) is 0 Å². The van der Waals surface area contributed by atoms with Crippen molar-refractivity contribution in [3.05, 3.63) is 65.0 Å². The van der Waals surface area contributed by atoms with Crippen LogP contribution < -0.4 is 10.1 Å². The van der Waals surface area contributed by atoms with E-state index in [1.165, 1.54) is 25.3 Å². The average Bonchev–Trinajstić information content (AvgIpc) is 2.52. The summed E-state index contributed by atoms with van der Waals surface area (Å²) in [4.78, 5) is 12.1. The number of anilines is 1. The van der Waals surface area contributed by atoms with Gasteiger partial charge in [0.05, 0.1) is 7.11 Å². The molecule has 4 nitrogen and oxygen atoms in total. The van der Waals surface area contributed by atoms with E-state index in [2.05, 4.69) is 5.32 Å². The van der Waals surface area contributed by atoms with Gasteiger partial charge in [0.1, 0.15) is 11.6 Å². The summed E-state index contributed by atoms with van der Waals surface area (Å²) in [5, 5.41) is 11.8. The molecule has 2 rings (SSSR count). The number of nitrogens with one attached hydrogen (secondary N) is 1. The van der Waals surface area contributed by atoms with Crippen LogP contribution in [0.4, 0.5) is 10.1 Å². The summed E-state index contributed by atoms with van der Waals surface area (Å²) in [5.41, 5.74) is 1.87. The second kappa shape index (κ2) is 7.23. The molecule has 5 heteroatoms. The Morgan fingerprint density at radius 3 is 2.70 bits per heavy atom. The van der Waals surface area contributed by atoms with Crippen molar-refractivity contribution >= 4 is 17.7 Å². The number of carbonyl (C=O) groups is 1. The fourth-order valence-corrected chi connectivity index (χ4v) is 2.01. The quantitative estimate of drug-likeness (QED) is 0.692. The fourth-order valence-electron chi connectivity index (χ4n) is 2.01. The van der Waals surface area contributed by atoms with Crippen LogP contribution in [-0.2, 0) is 4.79 Å². The van der Waals surface area contributed by atoms with Gasteiger partial charge in [-0.15, -0.1) is 0 Å². The first-order valence-electron chi connectivity index (χ1n) is 6.87. The lowest BCUT2D eigenvalue weighted by molar-refractivity contribution is -0.112. The van der Waals surface area contributed by atoms with Crippen LogP contribution in [0.5, 0.6) is 5.75 Å². The van der Waals surface area contributed by atoms with Crippen LogP contribution in [0.25, 0.3) is 6.08 Å². The van der Waals surface area contributed by atoms with Crippen molar-refractivity contribution in [1.82, 2.24) is 0 Å². The molecule has 2 aromatic carbocycles. The Labute approximate surface area is 133 Å². The van der Waals surface area contributed by atoms with E-state index in [0.29, 0.717) is 11.3 Å². The number of methoxy groups -OCH3 is 1. The van der Waals surface area contributed by atoms with E-state index >= 15 is 0 Å². The summed E-state index contributed by atoms with van der Waals surface area (Å²) < 4.78 is 18.5. The summed E-state index contributed by atoms with van der Waals surface area (Å²) in [6.07, 6.45) is 1.33. The molecule has 0 heterocycles. The first-order valence-corrected chi connectivity index (χ1v) is 6.87. The minimum atomic E-state index is -0.558. The SMILES string of the molecule is COc1ccc(/C=C(\C#N)C(=O)Nc2cccc(C)c2)cc1F. The van der Waals surface area contributed by atoms with Gasteiger partial charge in [-0.25, -0.2) is 4.39 Å². The van der Waals surface area contributed by atoms with Gasteiger partial charge in [0, 0.05) is 5.69 Å². The number of amides is 1. The summed E-state index contributed by atoms with van der Waals surface area (Å²) in [7, 11) is 1.37. The van der Waals surface area contributed by atoms with Crippen molar-refractivity contribution < 1.29 is 13.9 Å². The molecule has 0 saturated carbocycles. The zero-order valence-corrected chi connectivity index (χ0v) is 12.8. The maximum absolute atomic E-state index is 13.7. The monoisotopic (exact) mass is 310 g/mol. The van der Waals surface area contributed by atoms with Gasteiger partial charge in [0.25, 0.3) is 5.91 Å². The molecule has 2 aromatic rings. The fraction of sp³-hybridized carbons (Fsp3) is 0.111. The smallest absolute Gasteiger partial charge is 0.266 e. The third kappa shape index (κ3) is 4.17. The number of aryl methyl sites for hydroxylation is 1. The number of ether oxygens (including phenoxy) is 1. The van der Waals surface area contributed by atoms with E-state index in [0.717, 1.165) is 5.56 Å². The molecule has 0 saturated heterocycles. The average molecular weight is 310 g/mol. The molecule has 0 radical (unpaired) electrons. The third-order valence-corrected chi connectivity index (χ3v) is 3.13. The van der Waals surface area contributed by atoms with E-state index in [9.17, 15) is 9.18 Å². The van der Waals surface area contributed by atoms with Crippen molar-refractivity contribution in [2.75, 3.05) is 12.4 Å². The lowest BCUT2D eigenvalue weighted by atomic mass is 10.1. The van der Waals surface area contributed by atoms with E-state index in [1.54, 1.807) is 24.3 Å². The molecule has 23 heavy (non-hydrogen) atoms. The van der Waals surface area contributed by atoms with E-state index < -0.39 is 11.7 Å². The highest BCUT2D eigenvalue weighted by molar-refractivity contribution is 6.09. The summed E-state index contributed by atoms with van der Waals surface area (Å²) in [6.45, 7) is 1.90. The first kappa shape index (κ1) is 16.2. The molecule has 0 spiro atoms. The minimum absolute atomic E-state index is 0.102. The number of halogens is 1. The van der Waals surface area contributed by atoms with Crippen LogP contribution in [0.1, 0.15) is 11.1 Å². The van der Waals surface area contributed by atoms with Gasteiger partial charge in [-0.05, 0) is 48.4 Å². The predicted octanol–water partition coefficient (Wildman–Crippen LogP) is 3.69. The number of hydrogen-bond donors (Lipinski definition) is 1. The molecule has 0 atom stereocenters. The van der Waals surface area contributed by atoms with E-state index in [4.69, 9.17) is 10.00 Å². The van der Waals surface area contributed by atoms with Gasteiger partial charge in [0.2, 0.25) is 0 Å². The number of carbonyl (C=O) groups excluding carboxylic acids is 1. The number of benzene rings is 2. The molecule has 0 fully saturated rings. The minimum Gasteiger partial charge on any atom is -0.494 e. The lowest BCUT2D eigenvalue weighted by Crippen LogP contribution is -2.13. The molecule has 0 aliphatic heterocycles. The Kier molecular flexibility index (Phi) is 5.11. The van der Waals surface area contributed by atoms with Crippen LogP contribution in [0.2, 0.25) is 0 Å². The molecule has 0 aromatic heterocycles. The Morgan fingerprint density at radius 1 is 1.30 bits per heavy atom. The molecule has 0 aliphatic rings. The summed E-state index contributed by atoms with van der Waals surface area (Å²) in [5.74, 6) is -1.00. The molecular formula is C18H15FN2O2. The third-order valence-electron chi connectivity index (χ3n) is 3.13.